The van der Waals surface area contributed by atoms with Crippen LogP contribution < -0.4 is 5.32 Å². The quantitative estimate of drug-likeness (QED) is 0.880. The number of carbonyl (C=O) groups excluding carboxylic acids is 1. The second-order valence-corrected chi connectivity index (χ2v) is 5.50. The van der Waals surface area contributed by atoms with Crippen molar-refractivity contribution in [2.75, 3.05) is 0 Å². The SMILES string of the molecule is C[C@H](NC(=O)c1cc2c([nH]1)CCCC2)c1ccccc1. The van der Waals surface area contributed by atoms with Crippen LogP contribution in [0.4, 0.5) is 0 Å². The Bertz CT molecular complexity index is 577. The Balaban J connectivity index is 1.71. The summed E-state index contributed by atoms with van der Waals surface area (Å²) in [6, 6.07) is 12.1. The van der Waals surface area contributed by atoms with E-state index in [1.165, 1.54) is 24.1 Å². The van der Waals surface area contributed by atoms with Crippen LogP contribution in [-0.4, -0.2) is 10.9 Å². The van der Waals surface area contributed by atoms with Crippen molar-refractivity contribution in [1.29, 1.82) is 0 Å². The van der Waals surface area contributed by atoms with Gasteiger partial charge in [-0.15, -0.1) is 0 Å². The summed E-state index contributed by atoms with van der Waals surface area (Å²) in [5, 5.41) is 3.05. The number of aromatic nitrogens is 1. The van der Waals surface area contributed by atoms with Crippen LogP contribution in [0.5, 0.6) is 0 Å². The van der Waals surface area contributed by atoms with Crippen molar-refractivity contribution in [3.63, 3.8) is 0 Å². The minimum absolute atomic E-state index is 0.0176. The summed E-state index contributed by atoms with van der Waals surface area (Å²) < 4.78 is 0. The number of benzene rings is 1. The molecular weight excluding hydrogens is 248 g/mol. The Morgan fingerprint density at radius 3 is 2.70 bits per heavy atom. The van der Waals surface area contributed by atoms with Crippen molar-refractivity contribution in [3.05, 3.63) is 58.9 Å². The fourth-order valence-corrected chi connectivity index (χ4v) is 2.83. The molecule has 1 aromatic carbocycles. The van der Waals surface area contributed by atoms with E-state index in [9.17, 15) is 4.79 Å². The molecule has 1 amide bonds. The number of nitrogens with one attached hydrogen (secondary N) is 2. The van der Waals surface area contributed by atoms with E-state index in [0.29, 0.717) is 5.69 Å². The largest absolute Gasteiger partial charge is 0.354 e. The van der Waals surface area contributed by atoms with Crippen LogP contribution >= 0.6 is 0 Å². The van der Waals surface area contributed by atoms with Crippen molar-refractivity contribution in [2.24, 2.45) is 0 Å². The molecule has 0 aliphatic heterocycles. The average molecular weight is 268 g/mol. The third-order valence-corrected chi connectivity index (χ3v) is 4.01. The van der Waals surface area contributed by atoms with Crippen LogP contribution in [0.25, 0.3) is 0 Å². The molecule has 3 nitrogen and oxygen atoms in total. The highest BCUT2D eigenvalue weighted by Gasteiger charge is 2.17. The zero-order valence-corrected chi connectivity index (χ0v) is 11.8. The van der Waals surface area contributed by atoms with Gasteiger partial charge in [-0.25, -0.2) is 0 Å². The molecule has 0 fully saturated rings. The van der Waals surface area contributed by atoms with E-state index in [1.807, 2.05) is 43.3 Å². The molecule has 0 saturated carbocycles. The fraction of sp³-hybridized carbons (Fsp3) is 0.353. The topological polar surface area (TPSA) is 44.9 Å². The first-order valence-corrected chi connectivity index (χ1v) is 7.30. The normalized spacial score (nSPS) is 15.4. The van der Waals surface area contributed by atoms with Crippen LogP contribution in [0.3, 0.4) is 0 Å². The molecule has 0 radical (unpaired) electrons. The zero-order valence-electron chi connectivity index (χ0n) is 11.8. The molecule has 3 rings (SSSR count). The van der Waals surface area contributed by atoms with Gasteiger partial charge in [0.05, 0.1) is 6.04 Å². The van der Waals surface area contributed by atoms with Crippen molar-refractivity contribution >= 4 is 5.91 Å². The van der Waals surface area contributed by atoms with Crippen molar-refractivity contribution in [2.45, 2.75) is 38.6 Å². The average Bonchev–Trinajstić information content (AvgIpc) is 2.92. The molecule has 0 saturated heterocycles. The predicted octanol–water partition coefficient (Wildman–Crippen LogP) is 3.38. The number of aryl methyl sites for hydroxylation is 2. The van der Waals surface area contributed by atoms with Gasteiger partial charge < -0.3 is 10.3 Å². The smallest absolute Gasteiger partial charge is 0.268 e. The molecule has 2 N–H and O–H groups in total. The highest BCUT2D eigenvalue weighted by molar-refractivity contribution is 5.93. The first-order chi connectivity index (χ1) is 9.74. The number of hydrogen-bond acceptors (Lipinski definition) is 1. The fourth-order valence-electron chi connectivity index (χ4n) is 2.83. The highest BCUT2D eigenvalue weighted by atomic mass is 16.1. The summed E-state index contributed by atoms with van der Waals surface area (Å²) in [7, 11) is 0. The number of aromatic amines is 1. The van der Waals surface area contributed by atoms with Gasteiger partial charge in [0, 0.05) is 5.69 Å². The van der Waals surface area contributed by atoms with E-state index in [1.54, 1.807) is 0 Å². The maximum atomic E-state index is 12.3. The molecule has 0 unspecified atom stereocenters. The molecule has 0 bridgehead atoms. The number of H-pyrrole nitrogens is 1. The van der Waals surface area contributed by atoms with Gasteiger partial charge in [-0.2, -0.15) is 0 Å². The molecule has 0 spiro atoms. The van der Waals surface area contributed by atoms with Gasteiger partial charge in [-0.1, -0.05) is 30.3 Å². The summed E-state index contributed by atoms with van der Waals surface area (Å²) >= 11 is 0. The lowest BCUT2D eigenvalue weighted by atomic mass is 9.98. The first-order valence-electron chi connectivity index (χ1n) is 7.30. The number of amides is 1. The Hall–Kier alpha value is -2.03. The van der Waals surface area contributed by atoms with E-state index in [4.69, 9.17) is 0 Å². The number of hydrogen-bond donors (Lipinski definition) is 2. The molecule has 3 heteroatoms. The lowest BCUT2D eigenvalue weighted by Crippen LogP contribution is -2.26. The third kappa shape index (κ3) is 2.62. The van der Waals surface area contributed by atoms with Crippen molar-refractivity contribution < 1.29 is 4.79 Å². The molecular formula is C17H20N2O. The summed E-state index contributed by atoms with van der Waals surface area (Å²) in [5.74, 6) is -0.0178. The lowest BCUT2D eigenvalue weighted by Gasteiger charge is -2.13. The van der Waals surface area contributed by atoms with Crippen LogP contribution in [0.1, 0.15) is 53.1 Å². The predicted molar refractivity (Wildman–Crippen MR) is 79.8 cm³/mol. The maximum Gasteiger partial charge on any atom is 0.268 e. The second-order valence-electron chi connectivity index (χ2n) is 5.50. The summed E-state index contributed by atoms with van der Waals surface area (Å²) in [6.07, 6.45) is 4.60. The highest BCUT2D eigenvalue weighted by Crippen LogP contribution is 2.22. The Labute approximate surface area is 119 Å². The number of fused-ring (bicyclic) bond motifs is 1. The van der Waals surface area contributed by atoms with Crippen LogP contribution in [0, 0.1) is 0 Å². The summed E-state index contributed by atoms with van der Waals surface area (Å²) in [4.78, 5) is 15.6. The van der Waals surface area contributed by atoms with E-state index in [-0.39, 0.29) is 11.9 Å². The first kappa shape index (κ1) is 13.0. The molecule has 20 heavy (non-hydrogen) atoms. The van der Waals surface area contributed by atoms with Gasteiger partial charge in [0.2, 0.25) is 0 Å². The molecule has 104 valence electrons. The summed E-state index contributed by atoms with van der Waals surface area (Å²) in [6.45, 7) is 2.01. The Kier molecular flexibility index (Phi) is 3.59. The maximum absolute atomic E-state index is 12.3. The van der Waals surface area contributed by atoms with Gasteiger partial charge in [-0.05, 0) is 49.8 Å². The Morgan fingerprint density at radius 2 is 1.95 bits per heavy atom. The molecule has 1 aromatic heterocycles. The third-order valence-electron chi connectivity index (χ3n) is 4.01. The van der Waals surface area contributed by atoms with Crippen LogP contribution in [0.2, 0.25) is 0 Å². The second kappa shape index (κ2) is 5.53. The molecule has 1 heterocycles. The minimum Gasteiger partial charge on any atom is -0.354 e. The monoisotopic (exact) mass is 268 g/mol. The van der Waals surface area contributed by atoms with E-state index in [0.717, 1.165) is 18.4 Å². The molecule has 1 aliphatic rings. The summed E-state index contributed by atoms with van der Waals surface area (Å²) in [5.41, 5.74) is 4.37. The van der Waals surface area contributed by atoms with Crippen molar-refractivity contribution in [1.82, 2.24) is 10.3 Å². The molecule has 2 aromatic rings. The number of rotatable bonds is 3. The van der Waals surface area contributed by atoms with E-state index in [2.05, 4.69) is 10.3 Å². The lowest BCUT2D eigenvalue weighted by molar-refractivity contribution is 0.0935. The zero-order chi connectivity index (χ0) is 13.9. The minimum atomic E-state index is -0.0178. The Morgan fingerprint density at radius 1 is 1.20 bits per heavy atom. The van der Waals surface area contributed by atoms with E-state index >= 15 is 0 Å². The van der Waals surface area contributed by atoms with Gasteiger partial charge in [0.25, 0.3) is 5.91 Å². The standard InChI is InChI=1S/C17H20N2O/c1-12(13-7-3-2-4-8-13)18-17(20)16-11-14-9-5-6-10-15(14)19-16/h2-4,7-8,11-12,19H,5-6,9-10H2,1H3,(H,18,20)/t12-/m0/s1. The molecule has 1 atom stereocenters. The van der Waals surface area contributed by atoms with Crippen LogP contribution in [0.15, 0.2) is 36.4 Å². The van der Waals surface area contributed by atoms with Gasteiger partial charge >= 0.3 is 0 Å². The van der Waals surface area contributed by atoms with Gasteiger partial charge in [0.15, 0.2) is 0 Å². The number of carbonyl (C=O) groups is 1. The van der Waals surface area contributed by atoms with Gasteiger partial charge in [0.1, 0.15) is 5.69 Å². The van der Waals surface area contributed by atoms with Crippen molar-refractivity contribution in [3.8, 4) is 0 Å². The van der Waals surface area contributed by atoms with E-state index < -0.39 is 0 Å². The van der Waals surface area contributed by atoms with Gasteiger partial charge in [-0.3, -0.25) is 4.79 Å². The molecule has 1 aliphatic carbocycles. The van der Waals surface area contributed by atoms with Crippen LogP contribution in [-0.2, 0) is 12.8 Å².